The molecule has 1 aliphatic heterocycles. The first-order chi connectivity index (χ1) is 11.2. The highest BCUT2D eigenvalue weighted by atomic mass is 127. The van der Waals surface area contributed by atoms with E-state index in [2.05, 4.69) is 64.8 Å². The Morgan fingerprint density at radius 3 is 2.65 bits per heavy atom. The molecule has 0 saturated carbocycles. The molecule has 0 N–H and O–H groups in total. The van der Waals surface area contributed by atoms with Crippen LogP contribution >= 0.6 is 34.4 Å². The van der Waals surface area contributed by atoms with Gasteiger partial charge in [-0.15, -0.1) is 11.8 Å². The Kier molecular flexibility index (Phi) is 5.48. The van der Waals surface area contributed by atoms with Crippen LogP contribution in [-0.4, -0.2) is 24.5 Å². The molecule has 1 heterocycles. The summed E-state index contributed by atoms with van der Waals surface area (Å²) < 4.78 is 12.6. The molecule has 0 atom stereocenters. The second kappa shape index (κ2) is 7.57. The number of aliphatic imine (C=N–C) groups is 1. The third kappa shape index (κ3) is 4.01. The number of benzene rings is 2. The van der Waals surface area contributed by atoms with Crippen molar-refractivity contribution in [2.75, 3.05) is 19.4 Å². The molecule has 0 unspecified atom stereocenters. The minimum Gasteiger partial charge on any atom is -0.493 e. The van der Waals surface area contributed by atoms with Gasteiger partial charge in [0.15, 0.2) is 11.5 Å². The smallest absolute Gasteiger partial charge is 0.174 e. The first-order valence-electron chi connectivity index (χ1n) is 7.41. The quantitative estimate of drug-likeness (QED) is 0.634. The van der Waals surface area contributed by atoms with Crippen LogP contribution in [-0.2, 0) is 6.61 Å². The third-order valence-corrected chi connectivity index (χ3v) is 5.39. The highest BCUT2D eigenvalue weighted by molar-refractivity contribution is 14.1. The highest BCUT2D eigenvalue weighted by Crippen LogP contribution is 2.36. The van der Waals surface area contributed by atoms with E-state index < -0.39 is 0 Å². The van der Waals surface area contributed by atoms with E-state index in [1.165, 1.54) is 5.56 Å². The molecule has 0 bridgehead atoms. The second-order valence-corrected chi connectivity index (χ2v) is 7.54. The van der Waals surface area contributed by atoms with E-state index in [1.54, 1.807) is 18.9 Å². The predicted octanol–water partition coefficient (Wildman–Crippen LogP) is 4.68. The fourth-order valence-corrected chi connectivity index (χ4v) is 3.93. The number of rotatable bonds is 5. The Balaban J connectivity index is 1.82. The van der Waals surface area contributed by atoms with Crippen LogP contribution in [0.2, 0.25) is 0 Å². The van der Waals surface area contributed by atoms with Gasteiger partial charge in [0.1, 0.15) is 6.61 Å². The molecule has 0 aliphatic carbocycles. The molecule has 0 spiro atoms. The standard InChI is InChI=1S/C18H18INO2S/c1-12-3-5-13(6-4-12)11-22-17-15(19)9-14(10-16(17)21-2)18-20-7-8-23-18/h3-6,9-10H,7-8,11H2,1-2H3. The Hall–Kier alpha value is -1.21. The molecule has 0 fully saturated rings. The van der Waals surface area contributed by atoms with Gasteiger partial charge in [-0.25, -0.2) is 0 Å². The summed E-state index contributed by atoms with van der Waals surface area (Å²) in [5.41, 5.74) is 3.50. The predicted molar refractivity (Wildman–Crippen MR) is 105 cm³/mol. The van der Waals surface area contributed by atoms with Gasteiger partial charge in [0.05, 0.1) is 15.7 Å². The van der Waals surface area contributed by atoms with Crippen molar-refractivity contribution >= 4 is 39.4 Å². The number of thioether (sulfide) groups is 1. The number of hydrogen-bond donors (Lipinski definition) is 0. The van der Waals surface area contributed by atoms with Gasteiger partial charge in [-0.3, -0.25) is 4.99 Å². The van der Waals surface area contributed by atoms with Crippen molar-refractivity contribution in [2.24, 2.45) is 4.99 Å². The Bertz CT molecular complexity index is 729. The van der Waals surface area contributed by atoms with E-state index in [1.807, 2.05) is 6.07 Å². The van der Waals surface area contributed by atoms with Crippen molar-refractivity contribution < 1.29 is 9.47 Å². The summed E-state index contributed by atoms with van der Waals surface area (Å²) in [4.78, 5) is 4.53. The molecule has 0 aromatic heterocycles. The van der Waals surface area contributed by atoms with Crippen molar-refractivity contribution in [3.8, 4) is 11.5 Å². The maximum Gasteiger partial charge on any atom is 0.174 e. The topological polar surface area (TPSA) is 30.8 Å². The zero-order valence-corrected chi connectivity index (χ0v) is 16.1. The van der Waals surface area contributed by atoms with E-state index >= 15 is 0 Å². The van der Waals surface area contributed by atoms with Crippen LogP contribution in [0.3, 0.4) is 0 Å². The third-order valence-electron chi connectivity index (χ3n) is 3.57. The van der Waals surface area contributed by atoms with Gasteiger partial charge in [-0.1, -0.05) is 29.8 Å². The summed E-state index contributed by atoms with van der Waals surface area (Å²) in [7, 11) is 1.68. The van der Waals surface area contributed by atoms with Crippen molar-refractivity contribution in [1.29, 1.82) is 0 Å². The Labute approximate surface area is 154 Å². The van der Waals surface area contributed by atoms with Crippen molar-refractivity contribution in [3.05, 3.63) is 56.7 Å². The lowest BCUT2D eigenvalue weighted by Gasteiger charge is -2.14. The van der Waals surface area contributed by atoms with E-state index in [0.717, 1.165) is 43.5 Å². The summed E-state index contributed by atoms with van der Waals surface area (Å²) >= 11 is 4.09. The maximum absolute atomic E-state index is 6.02. The molecular formula is C18H18INO2S. The lowest BCUT2D eigenvalue weighted by atomic mass is 10.1. The summed E-state index contributed by atoms with van der Waals surface area (Å²) in [5.74, 6) is 2.61. The number of ether oxygens (including phenoxy) is 2. The molecule has 0 saturated heterocycles. The van der Waals surface area contributed by atoms with Crippen molar-refractivity contribution in [3.63, 3.8) is 0 Å². The van der Waals surface area contributed by atoms with Crippen molar-refractivity contribution in [1.82, 2.24) is 0 Å². The van der Waals surface area contributed by atoms with E-state index in [4.69, 9.17) is 9.47 Å². The Morgan fingerprint density at radius 1 is 1.22 bits per heavy atom. The SMILES string of the molecule is COc1cc(C2=NCCS2)cc(I)c1OCc1ccc(C)cc1. The van der Waals surface area contributed by atoms with Crippen LogP contribution < -0.4 is 9.47 Å². The fraction of sp³-hybridized carbons (Fsp3) is 0.278. The van der Waals surface area contributed by atoms with Crippen LogP contribution in [0.15, 0.2) is 41.4 Å². The van der Waals surface area contributed by atoms with Crippen LogP contribution in [0.1, 0.15) is 16.7 Å². The van der Waals surface area contributed by atoms with Crippen LogP contribution in [0, 0.1) is 10.5 Å². The Morgan fingerprint density at radius 2 is 2.00 bits per heavy atom. The highest BCUT2D eigenvalue weighted by Gasteiger charge is 2.17. The monoisotopic (exact) mass is 439 g/mol. The molecular weight excluding hydrogens is 421 g/mol. The molecule has 120 valence electrons. The molecule has 23 heavy (non-hydrogen) atoms. The molecule has 2 aromatic rings. The van der Waals surface area contributed by atoms with Crippen molar-refractivity contribution in [2.45, 2.75) is 13.5 Å². The largest absolute Gasteiger partial charge is 0.493 e. The second-order valence-electron chi connectivity index (χ2n) is 5.30. The zero-order chi connectivity index (χ0) is 16.2. The number of halogens is 1. The molecule has 2 aromatic carbocycles. The summed E-state index contributed by atoms with van der Waals surface area (Å²) in [6.07, 6.45) is 0. The lowest BCUT2D eigenvalue weighted by molar-refractivity contribution is 0.282. The first-order valence-corrected chi connectivity index (χ1v) is 9.47. The number of nitrogens with zero attached hydrogens (tertiary/aromatic N) is 1. The molecule has 5 heteroatoms. The average Bonchev–Trinajstić information content (AvgIpc) is 3.09. The van der Waals surface area contributed by atoms with Gasteiger partial charge >= 0.3 is 0 Å². The number of methoxy groups -OCH3 is 1. The molecule has 0 amide bonds. The summed E-state index contributed by atoms with van der Waals surface area (Å²) in [6.45, 7) is 3.51. The van der Waals surface area contributed by atoms with E-state index in [0.29, 0.717) is 6.61 Å². The van der Waals surface area contributed by atoms with Gasteiger partial charge in [0, 0.05) is 17.9 Å². The van der Waals surface area contributed by atoms with Crippen LogP contribution in [0.5, 0.6) is 11.5 Å². The fourth-order valence-electron chi connectivity index (χ4n) is 2.33. The molecule has 0 radical (unpaired) electrons. The van der Waals surface area contributed by atoms with Gasteiger partial charge in [-0.2, -0.15) is 0 Å². The maximum atomic E-state index is 6.02. The first kappa shape index (κ1) is 16.6. The van der Waals surface area contributed by atoms with Gasteiger partial charge < -0.3 is 9.47 Å². The van der Waals surface area contributed by atoms with E-state index in [-0.39, 0.29) is 0 Å². The minimum absolute atomic E-state index is 0.529. The summed E-state index contributed by atoms with van der Waals surface area (Å²) in [5, 5.41) is 1.09. The van der Waals surface area contributed by atoms with Gasteiger partial charge in [0.25, 0.3) is 0 Å². The van der Waals surface area contributed by atoms with E-state index in [9.17, 15) is 0 Å². The average molecular weight is 439 g/mol. The number of aryl methyl sites for hydroxylation is 1. The normalized spacial score (nSPS) is 13.8. The van der Waals surface area contributed by atoms with Crippen LogP contribution in [0.25, 0.3) is 0 Å². The van der Waals surface area contributed by atoms with Gasteiger partial charge in [0.2, 0.25) is 0 Å². The number of hydrogen-bond acceptors (Lipinski definition) is 4. The lowest BCUT2D eigenvalue weighted by Crippen LogP contribution is -2.02. The minimum atomic E-state index is 0.529. The van der Waals surface area contributed by atoms with Gasteiger partial charge in [-0.05, 0) is 47.2 Å². The van der Waals surface area contributed by atoms with Crippen LogP contribution in [0.4, 0.5) is 0 Å². The molecule has 1 aliphatic rings. The molecule has 3 rings (SSSR count). The zero-order valence-electron chi connectivity index (χ0n) is 13.1. The summed E-state index contributed by atoms with van der Waals surface area (Å²) in [6, 6.07) is 12.5. The molecule has 3 nitrogen and oxygen atoms in total.